The molecule has 7 nitrogen and oxygen atoms in total. The summed E-state index contributed by atoms with van der Waals surface area (Å²) in [5.74, 6) is -0.802. The molecule has 2 atom stereocenters. The van der Waals surface area contributed by atoms with Crippen LogP contribution in [0.2, 0.25) is 5.02 Å². The van der Waals surface area contributed by atoms with Gasteiger partial charge in [-0.1, -0.05) is 29.8 Å². The van der Waals surface area contributed by atoms with Crippen LogP contribution in [0.3, 0.4) is 0 Å². The van der Waals surface area contributed by atoms with Gasteiger partial charge in [-0.05, 0) is 55.2 Å². The minimum atomic E-state index is -3.66. The van der Waals surface area contributed by atoms with E-state index in [0.29, 0.717) is 37.4 Å². The first kappa shape index (κ1) is 26.3. The predicted octanol–water partition coefficient (Wildman–Crippen LogP) is 3.89. The summed E-state index contributed by atoms with van der Waals surface area (Å²) in [6.45, 7) is 1.21. The van der Waals surface area contributed by atoms with Crippen molar-refractivity contribution >= 4 is 40.0 Å². The van der Waals surface area contributed by atoms with Gasteiger partial charge >= 0.3 is 5.97 Å². The van der Waals surface area contributed by atoms with Gasteiger partial charge in [0.2, 0.25) is 10.0 Å². The number of hydrogen-bond donors (Lipinski definition) is 2. The third-order valence-corrected chi connectivity index (χ3v) is 6.91. The molecule has 0 radical (unpaired) electrons. The molecular weight excluding hydrogens is 473 g/mol. The summed E-state index contributed by atoms with van der Waals surface area (Å²) in [6, 6.07) is 9.77. The zero-order chi connectivity index (χ0) is 22.3. The highest BCUT2D eigenvalue weighted by Gasteiger charge is 2.33. The van der Waals surface area contributed by atoms with Crippen molar-refractivity contribution in [1.82, 2.24) is 14.6 Å². The molecule has 1 aromatic heterocycles. The number of aromatic nitrogens is 1. The van der Waals surface area contributed by atoms with Crippen LogP contribution in [0.15, 0.2) is 65.8 Å². The Labute approximate surface area is 200 Å². The van der Waals surface area contributed by atoms with Crippen LogP contribution in [0, 0.1) is 0 Å². The second-order valence-corrected chi connectivity index (χ2v) is 9.73. The summed E-state index contributed by atoms with van der Waals surface area (Å²) < 4.78 is 28.4. The van der Waals surface area contributed by atoms with Crippen molar-refractivity contribution in [2.24, 2.45) is 0 Å². The van der Waals surface area contributed by atoms with Gasteiger partial charge < -0.3 is 5.11 Å². The SMILES string of the molecule is Cl.O=C(O)CCC/C=C\C1CC(NS(=O)(=O)c2ccc(Cl)cc2)CN1Cc1cccnc1. The fraction of sp³-hybridized carbons (Fsp3) is 0.364. The van der Waals surface area contributed by atoms with Crippen LogP contribution in [-0.2, 0) is 21.4 Å². The molecule has 10 heteroatoms. The van der Waals surface area contributed by atoms with Gasteiger partial charge in [0.25, 0.3) is 0 Å². The van der Waals surface area contributed by atoms with Crippen molar-refractivity contribution in [3.8, 4) is 0 Å². The minimum Gasteiger partial charge on any atom is -0.481 e. The number of nitrogens with zero attached hydrogens (tertiary/aromatic N) is 2. The van der Waals surface area contributed by atoms with Crippen LogP contribution < -0.4 is 4.72 Å². The topological polar surface area (TPSA) is 99.6 Å². The summed E-state index contributed by atoms with van der Waals surface area (Å²) in [6.07, 6.45) is 9.57. The Morgan fingerprint density at radius 3 is 2.69 bits per heavy atom. The number of halogens is 2. The molecule has 0 spiro atoms. The number of carbonyl (C=O) groups is 1. The molecule has 2 N–H and O–H groups in total. The van der Waals surface area contributed by atoms with E-state index in [4.69, 9.17) is 16.7 Å². The van der Waals surface area contributed by atoms with E-state index in [0.717, 1.165) is 5.56 Å². The Hall–Kier alpha value is -1.97. The Kier molecular flexibility index (Phi) is 10.1. The molecule has 2 heterocycles. The Morgan fingerprint density at radius 1 is 1.28 bits per heavy atom. The number of unbranched alkanes of at least 4 members (excludes halogenated alkanes) is 1. The number of pyridine rings is 1. The van der Waals surface area contributed by atoms with Gasteiger partial charge in [-0.25, -0.2) is 13.1 Å². The summed E-state index contributed by atoms with van der Waals surface area (Å²) >= 11 is 5.87. The normalized spacial score (nSPS) is 19.2. The number of carboxylic acid groups (broad SMARTS) is 1. The molecule has 1 aromatic carbocycles. The second-order valence-electron chi connectivity index (χ2n) is 7.58. The summed E-state index contributed by atoms with van der Waals surface area (Å²) in [4.78, 5) is 17.2. The highest BCUT2D eigenvalue weighted by Crippen LogP contribution is 2.24. The van der Waals surface area contributed by atoms with Gasteiger partial charge in [0.1, 0.15) is 0 Å². The lowest BCUT2D eigenvalue weighted by Crippen LogP contribution is -2.37. The van der Waals surface area contributed by atoms with Crippen LogP contribution in [0.1, 0.15) is 31.2 Å². The van der Waals surface area contributed by atoms with E-state index in [1.54, 1.807) is 24.5 Å². The number of likely N-dealkylation sites (tertiary alicyclic amines) is 1. The Bertz CT molecular complexity index is 1000. The van der Waals surface area contributed by atoms with Crippen LogP contribution >= 0.6 is 24.0 Å². The van der Waals surface area contributed by atoms with Crippen molar-refractivity contribution in [3.63, 3.8) is 0 Å². The maximum absolute atomic E-state index is 12.8. The highest BCUT2D eigenvalue weighted by molar-refractivity contribution is 7.89. The Morgan fingerprint density at radius 2 is 2.03 bits per heavy atom. The third kappa shape index (κ3) is 7.86. The van der Waals surface area contributed by atoms with Crippen molar-refractivity contribution in [2.45, 2.75) is 49.2 Å². The van der Waals surface area contributed by atoms with Crippen molar-refractivity contribution < 1.29 is 18.3 Å². The van der Waals surface area contributed by atoms with Gasteiger partial charge in [0.05, 0.1) is 4.90 Å². The zero-order valence-corrected chi connectivity index (χ0v) is 19.8. The molecule has 1 fully saturated rings. The maximum atomic E-state index is 12.8. The van der Waals surface area contributed by atoms with E-state index in [1.807, 2.05) is 18.2 Å². The molecule has 2 unspecified atom stereocenters. The van der Waals surface area contributed by atoms with Crippen molar-refractivity contribution in [3.05, 3.63) is 71.5 Å². The average Bonchev–Trinajstić information content (AvgIpc) is 3.08. The van der Waals surface area contributed by atoms with Crippen LogP contribution in [0.25, 0.3) is 0 Å². The molecule has 32 heavy (non-hydrogen) atoms. The molecule has 0 amide bonds. The fourth-order valence-corrected chi connectivity index (χ4v) is 5.02. The molecule has 0 bridgehead atoms. The molecular formula is C22H27Cl2N3O4S. The number of carboxylic acids is 1. The van der Waals surface area contributed by atoms with Crippen LogP contribution in [0.4, 0.5) is 0 Å². The Balaban J connectivity index is 0.00000363. The number of hydrogen-bond acceptors (Lipinski definition) is 5. The summed E-state index contributed by atoms with van der Waals surface area (Å²) in [7, 11) is -3.66. The number of rotatable bonds is 10. The number of allylic oxidation sites excluding steroid dienone is 1. The maximum Gasteiger partial charge on any atom is 0.303 e. The first-order valence-corrected chi connectivity index (χ1v) is 12.0. The van der Waals surface area contributed by atoms with Crippen LogP contribution in [0.5, 0.6) is 0 Å². The second kappa shape index (κ2) is 12.3. The number of sulfonamides is 1. The summed E-state index contributed by atoms with van der Waals surface area (Å²) in [5.41, 5.74) is 1.05. The van der Waals surface area contributed by atoms with Gasteiger partial charge in [-0.15, -0.1) is 12.4 Å². The fourth-order valence-electron chi connectivity index (χ4n) is 3.65. The van der Waals surface area contributed by atoms with E-state index in [9.17, 15) is 13.2 Å². The minimum absolute atomic E-state index is 0. The van der Waals surface area contributed by atoms with Gasteiger partial charge in [0, 0.05) is 49.0 Å². The predicted molar refractivity (Wildman–Crippen MR) is 126 cm³/mol. The molecule has 1 aliphatic heterocycles. The lowest BCUT2D eigenvalue weighted by atomic mass is 10.1. The molecule has 174 valence electrons. The first-order chi connectivity index (χ1) is 14.8. The van der Waals surface area contributed by atoms with Gasteiger partial charge in [0.15, 0.2) is 0 Å². The molecule has 1 saturated heterocycles. The van der Waals surface area contributed by atoms with E-state index >= 15 is 0 Å². The molecule has 0 aliphatic carbocycles. The standard InChI is InChI=1S/C22H26ClN3O4S.ClH/c23-18-8-10-21(11-9-18)31(29,30)25-19-13-20(6-2-1-3-7-22(27)28)26(16-19)15-17-5-4-12-24-14-17;/h2,4-6,8-12,14,19-20,25H,1,3,7,13,15-16H2,(H,27,28);1H/b6-2-;. The molecule has 2 aromatic rings. The largest absolute Gasteiger partial charge is 0.481 e. The van der Waals surface area contributed by atoms with E-state index in [-0.39, 0.29) is 35.8 Å². The van der Waals surface area contributed by atoms with Gasteiger partial charge in [-0.3, -0.25) is 14.7 Å². The lowest BCUT2D eigenvalue weighted by molar-refractivity contribution is -0.137. The summed E-state index contributed by atoms with van der Waals surface area (Å²) in [5, 5.41) is 9.25. The quantitative estimate of drug-likeness (QED) is 0.379. The zero-order valence-electron chi connectivity index (χ0n) is 17.4. The average molecular weight is 500 g/mol. The van der Waals surface area contributed by atoms with Crippen molar-refractivity contribution in [1.29, 1.82) is 0 Å². The number of nitrogens with one attached hydrogen (secondary N) is 1. The van der Waals surface area contributed by atoms with E-state index in [2.05, 4.69) is 20.7 Å². The van der Waals surface area contributed by atoms with Crippen LogP contribution in [-0.4, -0.2) is 48.0 Å². The van der Waals surface area contributed by atoms with Gasteiger partial charge in [-0.2, -0.15) is 0 Å². The number of aliphatic carboxylic acids is 1. The lowest BCUT2D eigenvalue weighted by Gasteiger charge is -2.21. The monoisotopic (exact) mass is 499 g/mol. The third-order valence-electron chi connectivity index (χ3n) is 5.12. The smallest absolute Gasteiger partial charge is 0.303 e. The molecule has 0 saturated carbocycles. The van der Waals surface area contributed by atoms with Crippen molar-refractivity contribution in [2.75, 3.05) is 6.54 Å². The van der Waals surface area contributed by atoms with E-state index < -0.39 is 16.0 Å². The highest BCUT2D eigenvalue weighted by atomic mass is 35.5. The molecule has 3 rings (SSSR count). The number of benzene rings is 1. The molecule has 1 aliphatic rings. The first-order valence-electron chi connectivity index (χ1n) is 10.1. The van der Waals surface area contributed by atoms with E-state index in [1.165, 1.54) is 12.1 Å².